The molecule has 6 rings (SSSR count). The van der Waals surface area contributed by atoms with Gasteiger partial charge in [-0.25, -0.2) is 0 Å². The summed E-state index contributed by atoms with van der Waals surface area (Å²) in [4.78, 5) is 13.5. The number of ketones is 1. The number of Topliss-reactive ketones (excluding diaryl/α,β-unsaturated/α-hetero) is 1. The second-order valence-electron chi connectivity index (χ2n) is 9.32. The van der Waals surface area contributed by atoms with Crippen LogP contribution in [0.4, 0.5) is 0 Å². The summed E-state index contributed by atoms with van der Waals surface area (Å²) >= 11 is 0. The number of benzene rings is 2. The second kappa shape index (κ2) is 6.37. The summed E-state index contributed by atoms with van der Waals surface area (Å²) in [6.07, 6.45) is 9.53. The summed E-state index contributed by atoms with van der Waals surface area (Å²) in [5.74, 6) is 3.13. The van der Waals surface area contributed by atoms with E-state index in [0.717, 1.165) is 29.7 Å². The van der Waals surface area contributed by atoms with Gasteiger partial charge in [-0.15, -0.1) is 0 Å². The molecule has 0 aliphatic heterocycles. The number of carbonyl (C=O) groups excluding carboxylic acids is 1. The first-order chi connectivity index (χ1) is 12.7. The monoisotopic (exact) mass is 344 g/mol. The van der Waals surface area contributed by atoms with E-state index in [1.807, 2.05) is 30.3 Å². The maximum absolute atomic E-state index is 13.5. The van der Waals surface area contributed by atoms with Gasteiger partial charge in [0, 0.05) is 11.5 Å². The molecule has 134 valence electrons. The molecule has 26 heavy (non-hydrogen) atoms. The zero-order valence-electron chi connectivity index (χ0n) is 15.4. The Labute approximate surface area is 156 Å². The molecule has 0 aromatic heterocycles. The minimum atomic E-state index is 0.00912. The van der Waals surface area contributed by atoms with Crippen LogP contribution in [-0.2, 0) is 0 Å². The Kier molecular flexibility index (Phi) is 3.99. The predicted molar refractivity (Wildman–Crippen MR) is 105 cm³/mol. The van der Waals surface area contributed by atoms with Crippen LogP contribution in [-0.4, -0.2) is 5.78 Å². The van der Waals surface area contributed by atoms with Crippen LogP contribution in [0.5, 0.6) is 0 Å². The molecule has 0 radical (unpaired) electrons. The maximum Gasteiger partial charge on any atom is 0.170 e. The van der Waals surface area contributed by atoms with E-state index in [4.69, 9.17) is 0 Å². The maximum atomic E-state index is 13.5. The van der Waals surface area contributed by atoms with E-state index >= 15 is 0 Å². The Hall–Kier alpha value is -1.89. The average Bonchev–Trinajstić information content (AvgIpc) is 2.66. The van der Waals surface area contributed by atoms with Gasteiger partial charge in [-0.1, -0.05) is 60.7 Å². The van der Waals surface area contributed by atoms with Crippen molar-refractivity contribution in [2.24, 2.45) is 23.2 Å². The van der Waals surface area contributed by atoms with Crippen molar-refractivity contribution in [3.63, 3.8) is 0 Å². The zero-order valence-corrected chi connectivity index (χ0v) is 15.4. The summed E-state index contributed by atoms with van der Waals surface area (Å²) in [5, 5.41) is 0. The molecule has 4 fully saturated rings. The molecule has 4 bridgehead atoms. The van der Waals surface area contributed by atoms with Crippen molar-refractivity contribution in [1.82, 2.24) is 0 Å². The normalized spacial score (nSPS) is 33.2. The zero-order chi connectivity index (χ0) is 17.6. The summed E-state index contributed by atoms with van der Waals surface area (Å²) < 4.78 is 0. The molecular weight excluding hydrogens is 316 g/mol. The molecule has 1 atom stereocenters. The van der Waals surface area contributed by atoms with E-state index in [2.05, 4.69) is 30.3 Å². The lowest BCUT2D eigenvalue weighted by Gasteiger charge is -2.57. The standard InChI is InChI=1S/C25H28O/c26-24(22-9-5-2-6-10-22)23(21-7-3-1-4-8-21)17-25-14-18-11-19(15-25)13-20(12-18)16-25/h1-10,18-20,23H,11-17H2. The van der Waals surface area contributed by atoms with E-state index < -0.39 is 0 Å². The van der Waals surface area contributed by atoms with Gasteiger partial charge in [-0.05, 0) is 73.7 Å². The molecule has 4 aliphatic rings. The summed E-state index contributed by atoms with van der Waals surface area (Å²) in [6, 6.07) is 20.5. The highest BCUT2D eigenvalue weighted by Crippen LogP contribution is 2.62. The molecule has 0 heterocycles. The van der Waals surface area contributed by atoms with Crippen LogP contribution < -0.4 is 0 Å². The van der Waals surface area contributed by atoms with Gasteiger partial charge in [0.05, 0.1) is 0 Å². The van der Waals surface area contributed by atoms with Crippen LogP contribution in [0, 0.1) is 23.2 Å². The second-order valence-corrected chi connectivity index (χ2v) is 9.32. The van der Waals surface area contributed by atoms with Gasteiger partial charge in [-0.3, -0.25) is 4.79 Å². The molecular formula is C25H28O. The van der Waals surface area contributed by atoms with E-state index in [9.17, 15) is 4.79 Å². The van der Waals surface area contributed by atoms with Crippen LogP contribution >= 0.6 is 0 Å². The third-order valence-corrected chi connectivity index (χ3v) is 7.38. The Morgan fingerprint density at radius 2 is 1.31 bits per heavy atom. The summed E-state index contributed by atoms with van der Waals surface area (Å²) in [6.45, 7) is 0. The first kappa shape index (κ1) is 16.3. The smallest absolute Gasteiger partial charge is 0.170 e. The number of hydrogen-bond acceptors (Lipinski definition) is 1. The lowest BCUT2D eigenvalue weighted by Crippen LogP contribution is -2.47. The lowest BCUT2D eigenvalue weighted by atomic mass is 9.48. The van der Waals surface area contributed by atoms with Crippen molar-refractivity contribution in [3.8, 4) is 0 Å². The van der Waals surface area contributed by atoms with Gasteiger partial charge in [-0.2, -0.15) is 0 Å². The number of rotatable bonds is 5. The Morgan fingerprint density at radius 3 is 1.85 bits per heavy atom. The minimum Gasteiger partial charge on any atom is -0.293 e. The highest BCUT2D eigenvalue weighted by atomic mass is 16.1. The van der Waals surface area contributed by atoms with Gasteiger partial charge in [0.1, 0.15) is 0 Å². The highest BCUT2D eigenvalue weighted by Gasteiger charge is 2.51. The first-order valence-corrected chi connectivity index (χ1v) is 10.3. The van der Waals surface area contributed by atoms with Crippen LogP contribution in [0.2, 0.25) is 0 Å². The molecule has 1 nitrogen and oxygen atoms in total. The third-order valence-electron chi connectivity index (χ3n) is 7.38. The highest BCUT2D eigenvalue weighted by molar-refractivity contribution is 6.01. The van der Waals surface area contributed by atoms with Gasteiger partial charge in [0.25, 0.3) is 0 Å². The molecule has 0 saturated heterocycles. The van der Waals surface area contributed by atoms with Crippen molar-refractivity contribution in [3.05, 3.63) is 71.8 Å². The lowest BCUT2D eigenvalue weighted by molar-refractivity contribution is -0.0594. The largest absolute Gasteiger partial charge is 0.293 e. The van der Waals surface area contributed by atoms with Gasteiger partial charge in [0.15, 0.2) is 5.78 Å². The van der Waals surface area contributed by atoms with Crippen LogP contribution in [0.25, 0.3) is 0 Å². The van der Waals surface area contributed by atoms with E-state index in [1.165, 1.54) is 44.1 Å². The topological polar surface area (TPSA) is 17.1 Å². The fourth-order valence-electron chi connectivity index (χ4n) is 6.82. The third kappa shape index (κ3) is 2.92. The molecule has 2 aromatic carbocycles. The summed E-state index contributed by atoms with van der Waals surface area (Å²) in [7, 11) is 0. The van der Waals surface area contributed by atoms with Crippen molar-refractivity contribution in [2.45, 2.75) is 50.9 Å². The van der Waals surface area contributed by atoms with Crippen LogP contribution in [0.1, 0.15) is 66.8 Å². The average molecular weight is 344 g/mol. The molecule has 0 N–H and O–H groups in total. The quantitative estimate of drug-likeness (QED) is 0.585. The van der Waals surface area contributed by atoms with Gasteiger partial charge < -0.3 is 0 Å². The molecule has 1 heteroatoms. The van der Waals surface area contributed by atoms with Gasteiger partial charge in [0.2, 0.25) is 0 Å². The van der Waals surface area contributed by atoms with Crippen LogP contribution in [0.3, 0.4) is 0 Å². The van der Waals surface area contributed by atoms with Crippen molar-refractivity contribution >= 4 is 5.78 Å². The molecule has 4 aliphatic carbocycles. The van der Waals surface area contributed by atoms with Crippen molar-refractivity contribution in [2.75, 3.05) is 0 Å². The molecule has 2 aromatic rings. The minimum absolute atomic E-state index is 0.00912. The molecule has 0 amide bonds. The van der Waals surface area contributed by atoms with Crippen LogP contribution in [0.15, 0.2) is 60.7 Å². The fraction of sp³-hybridized carbons (Fsp3) is 0.480. The number of hydrogen-bond donors (Lipinski definition) is 0. The molecule has 1 unspecified atom stereocenters. The Morgan fingerprint density at radius 1 is 0.808 bits per heavy atom. The van der Waals surface area contributed by atoms with E-state index in [-0.39, 0.29) is 5.92 Å². The molecule has 0 spiro atoms. The van der Waals surface area contributed by atoms with Crippen molar-refractivity contribution < 1.29 is 4.79 Å². The van der Waals surface area contributed by atoms with Crippen molar-refractivity contribution in [1.29, 1.82) is 0 Å². The first-order valence-electron chi connectivity index (χ1n) is 10.3. The predicted octanol–water partition coefficient (Wildman–Crippen LogP) is 6.26. The van der Waals surface area contributed by atoms with Gasteiger partial charge >= 0.3 is 0 Å². The Balaban J connectivity index is 1.48. The summed E-state index contributed by atoms with van der Waals surface area (Å²) in [5.41, 5.74) is 2.49. The SMILES string of the molecule is O=C(c1ccccc1)C(CC12CC3CC(CC(C3)C1)C2)c1ccccc1. The van der Waals surface area contributed by atoms with E-state index in [0.29, 0.717) is 11.2 Å². The number of carbonyl (C=O) groups is 1. The van der Waals surface area contributed by atoms with E-state index in [1.54, 1.807) is 0 Å². The Bertz CT molecular complexity index is 741. The fourth-order valence-corrected chi connectivity index (χ4v) is 6.82. The molecule has 4 saturated carbocycles.